The second-order valence-electron chi connectivity index (χ2n) is 8.25. The zero-order valence-corrected chi connectivity index (χ0v) is 18.7. The number of ketones is 1. The Labute approximate surface area is 187 Å². The van der Waals surface area contributed by atoms with E-state index in [1.165, 1.54) is 0 Å². The first-order valence-corrected chi connectivity index (χ1v) is 10.8. The average Bonchev–Trinajstić information content (AvgIpc) is 2.75. The molecule has 0 radical (unpaired) electrons. The highest BCUT2D eigenvalue weighted by Crippen LogP contribution is 2.42. The Morgan fingerprint density at radius 2 is 1.81 bits per heavy atom. The number of nitrogens with zero attached hydrogens (tertiary/aromatic N) is 1. The van der Waals surface area contributed by atoms with E-state index in [2.05, 4.69) is 0 Å². The van der Waals surface area contributed by atoms with Crippen molar-refractivity contribution in [3.8, 4) is 17.2 Å². The van der Waals surface area contributed by atoms with Crippen LogP contribution in [-0.2, 0) is 4.79 Å². The van der Waals surface area contributed by atoms with Crippen LogP contribution in [0.5, 0.6) is 17.2 Å². The lowest BCUT2D eigenvalue weighted by Gasteiger charge is -2.44. The zero-order valence-electron chi connectivity index (χ0n) is 17.9. The van der Waals surface area contributed by atoms with E-state index in [0.29, 0.717) is 54.4 Å². The quantitative estimate of drug-likeness (QED) is 0.698. The molecule has 6 nitrogen and oxygen atoms in total. The summed E-state index contributed by atoms with van der Waals surface area (Å²) in [5.41, 5.74) is 0.838. The van der Waals surface area contributed by atoms with Crippen LogP contribution < -0.4 is 14.2 Å². The maximum absolute atomic E-state index is 12.9. The first-order chi connectivity index (χ1) is 14.8. The number of likely N-dealkylation sites (tertiary alicyclic amines) is 1. The van der Waals surface area contributed by atoms with Crippen LogP contribution in [0.15, 0.2) is 36.4 Å². The summed E-state index contributed by atoms with van der Waals surface area (Å²) in [6.45, 7) is 4.68. The third kappa shape index (κ3) is 4.35. The summed E-state index contributed by atoms with van der Waals surface area (Å²) in [7, 11) is 1.60. The van der Waals surface area contributed by atoms with Crippen LogP contribution >= 0.6 is 11.6 Å². The van der Waals surface area contributed by atoms with Gasteiger partial charge in [-0.3, -0.25) is 9.59 Å². The second-order valence-corrected chi connectivity index (χ2v) is 8.68. The van der Waals surface area contributed by atoms with Crippen LogP contribution in [0.2, 0.25) is 5.02 Å². The standard InChI is InChI=1S/C24H26ClNO5/c1-15-12-17(25)13-20-21(27)14-24(31-22(15)20)8-10-26(11-9-24)23(28)16(2)30-19-6-4-18(29-3)5-7-19/h4-7,12-13,16H,8-11,14H2,1-3H3. The van der Waals surface area contributed by atoms with Gasteiger partial charge in [0, 0.05) is 31.0 Å². The Morgan fingerprint density at radius 1 is 1.16 bits per heavy atom. The van der Waals surface area contributed by atoms with Gasteiger partial charge in [-0.15, -0.1) is 0 Å². The third-order valence-electron chi connectivity index (χ3n) is 6.05. The van der Waals surface area contributed by atoms with E-state index >= 15 is 0 Å². The molecule has 0 bridgehead atoms. The first kappa shape index (κ1) is 21.5. The predicted octanol–water partition coefficient (Wildman–Crippen LogP) is 4.45. The number of carbonyl (C=O) groups is 2. The topological polar surface area (TPSA) is 65.1 Å². The van der Waals surface area contributed by atoms with E-state index in [9.17, 15) is 9.59 Å². The van der Waals surface area contributed by atoms with Crippen LogP contribution in [0, 0.1) is 6.92 Å². The van der Waals surface area contributed by atoms with E-state index in [1.54, 1.807) is 49.3 Å². The maximum atomic E-state index is 12.9. The summed E-state index contributed by atoms with van der Waals surface area (Å²) in [6.07, 6.45) is 0.892. The molecule has 2 aromatic rings. The number of amides is 1. The molecule has 1 atom stereocenters. The molecule has 1 amide bonds. The summed E-state index contributed by atoms with van der Waals surface area (Å²) in [5.74, 6) is 1.94. The average molecular weight is 444 g/mol. The molecule has 0 N–H and O–H groups in total. The molecule has 0 aromatic heterocycles. The van der Waals surface area contributed by atoms with E-state index in [1.807, 2.05) is 13.0 Å². The predicted molar refractivity (Wildman–Crippen MR) is 117 cm³/mol. The van der Waals surface area contributed by atoms with E-state index in [-0.39, 0.29) is 11.7 Å². The molecule has 31 heavy (non-hydrogen) atoms. The van der Waals surface area contributed by atoms with E-state index in [4.69, 9.17) is 25.8 Å². The summed E-state index contributed by atoms with van der Waals surface area (Å²) >= 11 is 6.11. The highest BCUT2D eigenvalue weighted by atomic mass is 35.5. The Hall–Kier alpha value is -2.73. The third-order valence-corrected chi connectivity index (χ3v) is 6.27. The summed E-state index contributed by atoms with van der Waals surface area (Å²) < 4.78 is 17.3. The lowest BCUT2D eigenvalue weighted by atomic mass is 9.82. The van der Waals surface area contributed by atoms with Crippen molar-refractivity contribution >= 4 is 23.3 Å². The van der Waals surface area contributed by atoms with Gasteiger partial charge in [-0.05, 0) is 55.8 Å². The molecule has 0 aliphatic carbocycles. The molecular formula is C24H26ClNO5. The molecule has 2 heterocycles. The minimum absolute atomic E-state index is 0.0443. The molecular weight excluding hydrogens is 418 g/mol. The minimum atomic E-state index is -0.610. The van der Waals surface area contributed by atoms with Gasteiger partial charge >= 0.3 is 0 Å². The fraction of sp³-hybridized carbons (Fsp3) is 0.417. The molecule has 2 aliphatic heterocycles. The first-order valence-electron chi connectivity index (χ1n) is 10.4. The number of aryl methyl sites for hydroxylation is 1. The lowest BCUT2D eigenvalue weighted by Crippen LogP contribution is -2.54. The van der Waals surface area contributed by atoms with Crippen LogP contribution in [0.4, 0.5) is 0 Å². The molecule has 7 heteroatoms. The molecule has 2 aromatic carbocycles. The molecule has 1 saturated heterocycles. The van der Waals surface area contributed by atoms with Crippen LogP contribution in [-0.4, -0.2) is 48.5 Å². The van der Waals surface area contributed by atoms with E-state index < -0.39 is 11.7 Å². The molecule has 164 valence electrons. The normalized spacial score (nSPS) is 18.2. The Morgan fingerprint density at radius 3 is 2.45 bits per heavy atom. The largest absolute Gasteiger partial charge is 0.497 e. The summed E-state index contributed by atoms with van der Waals surface area (Å²) in [4.78, 5) is 27.5. The molecule has 1 spiro atoms. The zero-order chi connectivity index (χ0) is 22.2. The molecule has 1 unspecified atom stereocenters. The molecule has 2 aliphatic rings. The maximum Gasteiger partial charge on any atom is 0.263 e. The monoisotopic (exact) mass is 443 g/mol. The van der Waals surface area contributed by atoms with Gasteiger partial charge in [0.2, 0.25) is 0 Å². The smallest absolute Gasteiger partial charge is 0.263 e. The van der Waals surface area contributed by atoms with Crippen molar-refractivity contribution < 1.29 is 23.8 Å². The number of fused-ring (bicyclic) bond motifs is 1. The van der Waals surface area contributed by atoms with Gasteiger partial charge in [0.25, 0.3) is 5.91 Å². The molecule has 1 fully saturated rings. The van der Waals surface area contributed by atoms with Gasteiger partial charge < -0.3 is 19.1 Å². The number of rotatable bonds is 4. The van der Waals surface area contributed by atoms with Gasteiger partial charge in [0.1, 0.15) is 22.8 Å². The van der Waals surface area contributed by atoms with Crippen molar-refractivity contribution in [2.45, 2.75) is 44.8 Å². The number of ether oxygens (including phenoxy) is 3. The van der Waals surface area contributed by atoms with Gasteiger partial charge in [-0.25, -0.2) is 0 Å². The van der Waals surface area contributed by atoms with Gasteiger partial charge in [0.15, 0.2) is 11.9 Å². The van der Waals surface area contributed by atoms with Gasteiger partial charge in [-0.2, -0.15) is 0 Å². The van der Waals surface area contributed by atoms with Crippen LogP contribution in [0.1, 0.15) is 42.1 Å². The van der Waals surface area contributed by atoms with Crippen molar-refractivity contribution in [3.05, 3.63) is 52.5 Å². The number of benzene rings is 2. The highest BCUT2D eigenvalue weighted by Gasteiger charge is 2.44. The molecule has 4 rings (SSSR count). The van der Waals surface area contributed by atoms with Gasteiger partial charge in [0.05, 0.1) is 19.1 Å². The van der Waals surface area contributed by atoms with Crippen molar-refractivity contribution in [1.82, 2.24) is 4.90 Å². The van der Waals surface area contributed by atoms with Crippen LogP contribution in [0.25, 0.3) is 0 Å². The number of Topliss-reactive ketones (excluding diaryl/α,β-unsaturated/α-hetero) is 1. The number of methoxy groups -OCH3 is 1. The van der Waals surface area contributed by atoms with Crippen molar-refractivity contribution in [1.29, 1.82) is 0 Å². The fourth-order valence-electron chi connectivity index (χ4n) is 4.29. The van der Waals surface area contributed by atoms with Crippen molar-refractivity contribution in [2.24, 2.45) is 0 Å². The SMILES string of the molecule is COc1ccc(OC(C)C(=O)N2CCC3(CC2)CC(=O)c2cc(Cl)cc(C)c2O3)cc1. The Kier molecular flexibility index (Phi) is 5.84. The second kappa shape index (κ2) is 8.42. The highest BCUT2D eigenvalue weighted by molar-refractivity contribution is 6.31. The van der Waals surface area contributed by atoms with Crippen molar-refractivity contribution in [3.63, 3.8) is 0 Å². The number of hydrogen-bond acceptors (Lipinski definition) is 5. The Balaban J connectivity index is 1.39. The fourth-order valence-corrected chi connectivity index (χ4v) is 4.57. The van der Waals surface area contributed by atoms with Gasteiger partial charge in [-0.1, -0.05) is 11.6 Å². The minimum Gasteiger partial charge on any atom is -0.497 e. The Bertz CT molecular complexity index is 996. The number of carbonyl (C=O) groups excluding carboxylic acids is 2. The summed E-state index contributed by atoms with van der Waals surface area (Å²) in [5, 5.41) is 0.537. The number of halogens is 1. The summed E-state index contributed by atoms with van der Waals surface area (Å²) in [6, 6.07) is 10.6. The van der Waals surface area contributed by atoms with E-state index in [0.717, 1.165) is 11.3 Å². The number of hydrogen-bond donors (Lipinski definition) is 0. The number of piperidine rings is 1. The molecule has 0 saturated carbocycles. The van der Waals surface area contributed by atoms with Crippen molar-refractivity contribution in [2.75, 3.05) is 20.2 Å². The lowest BCUT2D eigenvalue weighted by molar-refractivity contribution is -0.141. The van der Waals surface area contributed by atoms with Crippen LogP contribution in [0.3, 0.4) is 0 Å².